The number of nitrogens with one attached hydrogen (secondary N) is 2. The van der Waals surface area contributed by atoms with Gasteiger partial charge in [-0.05, 0) is 24.0 Å². The molecule has 1 atom stereocenters. The van der Waals surface area contributed by atoms with Crippen LogP contribution < -0.4 is 10.6 Å². The quantitative estimate of drug-likeness (QED) is 0.729. The van der Waals surface area contributed by atoms with Gasteiger partial charge in [0.15, 0.2) is 0 Å². The van der Waals surface area contributed by atoms with E-state index in [4.69, 9.17) is 0 Å². The van der Waals surface area contributed by atoms with Crippen LogP contribution in [0.5, 0.6) is 0 Å². The Kier molecular flexibility index (Phi) is 4.86. The molecule has 0 aliphatic carbocycles. The van der Waals surface area contributed by atoms with E-state index >= 15 is 0 Å². The summed E-state index contributed by atoms with van der Waals surface area (Å²) in [5.74, 6) is 0. The molecule has 0 bridgehead atoms. The highest BCUT2D eigenvalue weighted by atomic mass is 32.2. The summed E-state index contributed by atoms with van der Waals surface area (Å²) < 4.78 is 0. The number of imide groups is 1. The number of benzene rings is 1. The Morgan fingerprint density at radius 2 is 2.20 bits per heavy atom. The van der Waals surface area contributed by atoms with Gasteiger partial charge in [-0.2, -0.15) is 0 Å². The van der Waals surface area contributed by atoms with Crippen LogP contribution in [0.25, 0.3) is 0 Å². The van der Waals surface area contributed by atoms with E-state index in [9.17, 15) is 14.7 Å². The SMILES string of the molecule is CSc1ccc([C@@H](O)CNC(=O)N2CCNC2=O)cc1. The van der Waals surface area contributed by atoms with Crippen molar-refractivity contribution in [2.75, 3.05) is 25.9 Å². The average molecular weight is 295 g/mol. The number of aliphatic hydroxyl groups excluding tert-OH is 1. The van der Waals surface area contributed by atoms with E-state index in [-0.39, 0.29) is 6.54 Å². The Morgan fingerprint density at radius 3 is 2.75 bits per heavy atom. The summed E-state index contributed by atoms with van der Waals surface area (Å²) in [5, 5.41) is 15.1. The largest absolute Gasteiger partial charge is 0.387 e. The number of rotatable bonds is 4. The number of nitrogens with zero attached hydrogens (tertiary/aromatic N) is 1. The lowest BCUT2D eigenvalue weighted by Gasteiger charge is -2.16. The highest BCUT2D eigenvalue weighted by molar-refractivity contribution is 7.98. The summed E-state index contributed by atoms with van der Waals surface area (Å²) in [6.07, 6.45) is 1.19. The Hall–Kier alpha value is -1.73. The Morgan fingerprint density at radius 1 is 1.50 bits per heavy atom. The van der Waals surface area contributed by atoms with E-state index in [0.29, 0.717) is 13.1 Å². The van der Waals surface area contributed by atoms with Crippen molar-refractivity contribution in [1.29, 1.82) is 0 Å². The van der Waals surface area contributed by atoms with Crippen LogP contribution in [0.4, 0.5) is 9.59 Å². The van der Waals surface area contributed by atoms with E-state index in [1.807, 2.05) is 30.5 Å². The van der Waals surface area contributed by atoms with Crippen molar-refractivity contribution in [1.82, 2.24) is 15.5 Å². The molecule has 20 heavy (non-hydrogen) atoms. The normalized spacial score (nSPS) is 15.9. The van der Waals surface area contributed by atoms with Crippen molar-refractivity contribution in [3.05, 3.63) is 29.8 Å². The van der Waals surface area contributed by atoms with E-state index in [0.717, 1.165) is 15.4 Å². The van der Waals surface area contributed by atoms with Gasteiger partial charge in [0.25, 0.3) is 0 Å². The lowest BCUT2D eigenvalue weighted by atomic mass is 10.1. The molecule has 7 heteroatoms. The molecule has 108 valence electrons. The van der Waals surface area contributed by atoms with E-state index in [1.54, 1.807) is 11.8 Å². The van der Waals surface area contributed by atoms with Gasteiger partial charge in [-0.15, -0.1) is 11.8 Å². The zero-order chi connectivity index (χ0) is 14.5. The maximum Gasteiger partial charge on any atom is 0.325 e. The second-order valence-electron chi connectivity index (χ2n) is 4.36. The van der Waals surface area contributed by atoms with Crippen molar-refractivity contribution >= 4 is 23.8 Å². The van der Waals surface area contributed by atoms with Crippen LogP contribution in [0.3, 0.4) is 0 Å². The van der Waals surface area contributed by atoms with Gasteiger partial charge in [0.05, 0.1) is 6.10 Å². The molecule has 0 radical (unpaired) electrons. The highest BCUT2D eigenvalue weighted by Gasteiger charge is 2.26. The second kappa shape index (κ2) is 6.62. The molecule has 0 unspecified atom stereocenters. The summed E-state index contributed by atoms with van der Waals surface area (Å²) in [6.45, 7) is 0.884. The molecular weight excluding hydrogens is 278 g/mol. The van der Waals surface area contributed by atoms with Crippen LogP contribution in [0.1, 0.15) is 11.7 Å². The second-order valence-corrected chi connectivity index (χ2v) is 5.24. The van der Waals surface area contributed by atoms with Crippen molar-refractivity contribution < 1.29 is 14.7 Å². The lowest BCUT2D eigenvalue weighted by molar-refractivity contribution is 0.165. The van der Waals surface area contributed by atoms with E-state index < -0.39 is 18.2 Å². The molecule has 0 aromatic heterocycles. The standard InChI is InChI=1S/C13H17N3O3S/c1-20-10-4-2-9(3-5-10)11(17)8-15-13(19)16-7-6-14-12(16)18/h2-5,11,17H,6-8H2,1H3,(H,14,18)(H,15,19)/t11-/m0/s1. The van der Waals surface area contributed by atoms with Gasteiger partial charge < -0.3 is 15.7 Å². The molecule has 1 aliphatic rings. The van der Waals surface area contributed by atoms with Crippen LogP contribution in [0, 0.1) is 0 Å². The maximum atomic E-state index is 11.7. The molecule has 4 amide bonds. The van der Waals surface area contributed by atoms with Crippen LogP contribution in [0.15, 0.2) is 29.2 Å². The van der Waals surface area contributed by atoms with Gasteiger partial charge in [-0.1, -0.05) is 12.1 Å². The van der Waals surface area contributed by atoms with Gasteiger partial charge >= 0.3 is 12.1 Å². The number of thioether (sulfide) groups is 1. The molecule has 0 saturated carbocycles. The Labute approximate surface area is 121 Å². The zero-order valence-corrected chi connectivity index (χ0v) is 11.9. The number of amides is 4. The minimum absolute atomic E-state index is 0.0707. The number of carbonyl (C=O) groups is 2. The zero-order valence-electron chi connectivity index (χ0n) is 11.1. The van der Waals surface area contributed by atoms with Crippen LogP contribution >= 0.6 is 11.8 Å². The summed E-state index contributed by atoms with van der Waals surface area (Å²) in [4.78, 5) is 25.2. The van der Waals surface area contributed by atoms with Crippen LogP contribution in [-0.4, -0.2) is 48.0 Å². The molecule has 2 rings (SSSR count). The first kappa shape index (κ1) is 14.7. The van der Waals surface area contributed by atoms with Crippen molar-refractivity contribution in [3.8, 4) is 0 Å². The number of aliphatic hydroxyl groups is 1. The molecule has 1 aromatic rings. The molecule has 1 aromatic carbocycles. The van der Waals surface area contributed by atoms with Gasteiger partial charge in [-0.25, -0.2) is 14.5 Å². The van der Waals surface area contributed by atoms with Crippen molar-refractivity contribution in [2.24, 2.45) is 0 Å². The number of urea groups is 2. The Bertz CT molecular complexity index is 492. The van der Waals surface area contributed by atoms with Crippen molar-refractivity contribution in [3.63, 3.8) is 0 Å². The first-order valence-corrected chi connectivity index (χ1v) is 7.49. The fraction of sp³-hybridized carbons (Fsp3) is 0.385. The van der Waals surface area contributed by atoms with Gasteiger partial charge in [0.2, 0.25) is 0 Å². The van der Waals surface area contributed by atoms with E-state index in [2.05, 4.69) is 10.6 Å². The number of carbonyl (C=O) groups excluding carboxylic acids is 2. The molecule has 3 N–H and O–H groups in total. The highest BCUT2D eigenvalue weighted by Crippen LogP contribution is 2.18. The molecule has 6 nitrogen and oxygen atoms in total. The molecular formula is C13H17N3O3S. The summed E-state index contributed by atoms with van der Waals surface area (Å²) in [6, 6.07) is 6.59. The predicted octanol–water partition coefficient (Wildman–Crippen LogP) is 1.18. The minimum atomic E-state index is -0.791. The van der Waals surface area contributed by atoms with E-state index in [1.165, 1.54) is 0 Å². The molecule has 1 heterocycles. The first-order valence-electron chi connectivity index (χ1n) is 6.27. The predicted molar refractivity (Wildman–Crippen MR) is 76.7 cm³/mol. The maximum absolute atomic E-state index is 11.7. The number of hydrogen-bond donors (Lipinski definition) is 3. The fourth-order valence-electron chi connectivity index (χ4n) is 1.89. The number of hydrogen-bond acceptors (Lipinski definition) is 4. The first-order chi connectivity index (χ1) is 9.61. The third-order valence-electron chi connectivity index (χ3n) is 3.05. The average Bonchev–Trinajstić information content (AvgIpc) is 2.90. The van der Waals surface area contributed by atoms with Gasteiger partial charge in [0.1, 0.15) is 0 Å². The molecule has 0 spiro atoms. The Balaban J connectivity index is 1.86. The third-order valence-corrected chi connectivity index (χ3v) is 3.79. The molecule has 1 aliphatic heterocycles. The molecule has 1 saturated heterocycles. The third kappa shape index (κ3) is 3.43. The van der Waals surface area contributed by atoms with Crippen LogP contribution in [0.2, 0.25) is 0 Å². The minimum Gasteiger partial charge on any atom is -0.387 e. The summed E-state index contributed by atoms with van der Waals surface area (Å²) >= 11 is 1.62. The lowest BCUT2D eigenvalue weighted by Crippen LogP contribution is -2.43. The monoisotopic (exact) mass is 295 g/mol. The summed E-state index contributed by atoms with van der Waals surface area (Å²) in [7, 11) is 0. The topological polar surface area (TPSA) is 81.7 Å². The van der Waals surface area contributed by atoms with Crippen LogP contribution in [-0.2, 0) is 0 Å². The van der Waals surface area contributed by atoms with Gasteiger partial charge in [-0.3, -0.25) is 0 Å². The van der Waals surface area contributed by atoms with Crippen molar-refractivity contribution in [2.45, 2.75) is 11.0 Å². The smallest absolute Gasteiger partial charge is 0.325 e. The molecule has 1 fully saturated rings. The fourth-order valence-corrected chi connectivity index (χ4v) is 2.30. The van der Waals surface area contributed by atoms with Gasteiger partial charge in [0, 0.05) is 24.5 Å². The summed E-state index contributed by atoms with van der Waals surface area (Å²) in [5.41, 5.74) is 0.731.